The van der Waals surface area contributed by atoms with Crippen LogP contribution in [0.5, 0.6) is 11.5 Å². The first kappa shape index (κ1) is 23.2. The van der Waals surface area contributed by atoms with E-state index >= 15 is 0 Å². The second-order valence-corrected chi connectivity index (χ2v) is 6.50. The first-order chi connectivity index (χ1) is 14.4. The first-order valence-electron chi connectivity index (χ1n) is 9.66. The lowest BCUT2D eigenvalue weighted by atomic mass is 10.1. The minimum atomic E-state index is -0.456. The number of ether oxygens (including phenoxy) is 4. The molecule has 0 fully saturated rings. The monoisotopic (exact) mass is 416 g/mol. The Morgan fingerprint density at radius 3 is 2.50 bits per heavy atom. The molecule has 0 radical (unpaired) electrons. The fourth-order valence-electron chi connectivity index (χ4n) is 2.77. The van der Waals surface area contributed by atoms with Crippen molar-refractivity contribution in [2.75, 3.05) is 34.0 Å². The van der Waals surface area contributed by atoms with Crippen LogP contribution in [0.3, 0.4) is 0 Å². The van der Waals surface area contributed by atoms with Crippen molar-refractivity contribution < 1.29 is 28.5 Å². The van der Waals surface area contributed by atoms with E-state index in [0.717, 1.165) is 5.56 Å². The molecule has 2 aromatic rings. The van der Waals surface area contributed by atoms with Crippen molar-refractivity contribution >= 4 is 11.9 Å². The minimum absolute atomic E-state index is 0.221. The van der Waals surface area contributed by atoms with E-state index in [2.05, 4.69) is 10.3 Å². The normalized spacial score (nSPS) is 11.5. The average molecular weight is 416 g/mol. The molecule has 8 heteroatoms. The zero-order chi connectivity index (χ0) is 22.1. The topological polar surface area (TPSA) is 96.0 Å². The van der Waals surface area contributed by atoms with Gasteiger partial charge in [0, 0.05) is 7.11 Å². The highest BCUT2D eigenvalue weighted by molar-refractivity contribution is 5.95. The number of nitrogens with zero attached hydrogens (tertiary/aromatic N) is 1. The number of hydrogen-bond donors (Lipinski definition) is 1. The highest BCUT2D eigenvalue weighted by Gasteiger charge is 2.18. The van der Waals surface area contributed by atoms with E-state index in [1.165, 1.54) is 6.07 Å². The van der Waals surface area contributed by atoms with Crippen molar-refractivity contribution in [3.8, 4) is 11.5 Å². The zero-order valence-electron chi connectivity index (χ0n) is 18.0. The highest BCUT2D eigenvalue weighted by atomic mass is 16.5. The van der Waals surface area contributed by atoms with Crippen LogP contribution in [-0.4, -0.2) is 50.9 Å². The Kier molecular flexibility index (Phi) is 8.61. The fourth-order valence-corrected chi connectivity index (χ4v) is 2.77. The molecule has 0 spiro atoms. The first-order valence-corrected chi connectivity index (χ1v) is 9.66. The number of pyridine rings is 1. The predicted octanol–water partition coefficient (Wildman–Crippen LogP) is 3.09. The summed E-state index contributed by atoms with van der Waals surface area (Å²) in [5.74, 6) is 0.365. The van der Waals surface area contributed by atoms with E-state index in [0.29, 0.717) is 36.0 Å². The number of aryl methyl sites for hydroxylation is 1. The Morgan fingerprint density at radius 1 is 1.10 bits per heavy atom. The molecule has 0 aliphatic heterocycles. The molecule has 162 valence electrons. The van der Waals surface area contributed by atoms with Crippen LogP contribution in [0.25, 0.3) is 0 Å². The summed E-state index contributed by atoms with van der Waals surface area (Å²) in [5.41, 5.74) is 1.85. The van der Waals surface area contributed by atoms with E-state index in [1.807, 2.05) is 19.1 Å². The van der Waals surface area contributed by atoms with Gasteiger partial charge in [0.1, 0.15) is 12.3 Å². The molecule has 2 rings (SSSR count). The highest BCUT2D eigenvalue weighted by Crippen LogP contribution is 2.30. The molecule has 0 aliphatic rings. The Labute approximate surface area is 176 Å². The Bertz CT molecular complexity index is 884. The predicted molar refractivity (Wildman–Crippen MR) is 111 cm³/mol. The van der Waals surface area contributed by atoms with Crippen LogP contribution < -0.4 is 14.8 Å². The summed E-state index contributed by atoms with van der Waals surface area (Å²) in [6, 6.07) is 8.23. The molecular weight excluding hydrogens is 388 g/mol. The van der Waals surface area contributed by atoms with Crippen LogP contribution in [0.1, 0.15) is 52.0 Å². The molecule has 0 aliphatic carbocycles. The third kappa shape index (κ3) is 5.93. The molecule has 30 heavy (non-hydrogen) atoms. The number of hydrogen-bond acceptors (Lipinski definition) is 7. The second kappa shape index (κ2) is 11.2. The van der Waals surface area contributed by atoms with Crippen molar-refractivity contribution in [1.29, 1.82) is 0 Å². The van der Waals surface area contributed by atoms with Crippen LogP contribution in [-0.2, 0) is 9.47 Å². The molecular formula is C22H28N2O6. The molecule has 0 bridgehead atoms. The molecule has 1 unspecified atom stereocenters. The smallest absolute Gasteiger partial charge is 0.339 e. The summed E-state index contributed by atoms with van der Waals surface area (Å²) in [5, 5.41) is 2.90. The van der Waals surface area contributed by atoms with Gasteiger partial charge in [0.2, 0.25) is 0 Å². The van der Waals surface area contributed by atoms with Crippen molar-refractivity contribution in [3.05, 3.63) is 52.8 Å². The van der Waals surface area contributed by atoms with Crippen LogP contribution in [0.15, 0.2) is 30.3 Å². The summed E-state index contributed by atoms with van der Waals surface area (Å²) < 4.78 is 21.0. The Hall–Kier alpha value is -3.13. The van der Waals surface area contributed by atoms with Gasteiger partial charge >= 0.3 is 5.97 Å². The maximum Gasteiger partial charge on any atom is 0.339 e. The number of carbonyl (C=O) groups excluding carboxylic acids is 2. The zero-order valence-corrected chi connectivity index (χ0v) is 18.0. The van der Waals surface area contributed by atoms with Gasteiger partial charge in [-0.3, -0.25) is 4.79 Å². The van der Waals surface area contributed by atoms with Gasteiger partial charge < -0.3 is 24.3 Å². The number of methoxy groups -OCH3 is 2. The number of esters is 1. The summed E-state index contributed by atoms with van der Waals surface area (Å²) in [4.78, 5) is 28.8. The quantitative estimate of drug-likeness (QED) is 0.470. The van der Waals surface area contributed by atoms with Gasteiger partial charge in [-0.05, 0) is 50.6 Å². The van der Waals surface area contributed by atoms with Crippen molar-refractivity contribution in [2.45, 2.75) is 26.8 Å². The average Bonchev–Trinajstić information content (AvgIpc) is 2.73. The lowest BCUT2D eigenvalue weighted by Crippen LogP contribution is -2.28. The lowest BCUT2D eigenvalue weighted by molar-refractivity contribution is 0.0524. The van der Waals surface area contributed by atoms with E-state index in [1.54, 1.807) is 40.2 Å². The van der Waals surface area contributed by atoms with Gasteiger partial charge in [0.05, 0.1) is 37.6 Å². The van der Waals surface area contributed by atoms with Gasteiger partial charge in [0.15, 0.2) is 11.5 Å². The van der Waals surface area contributed by atoms with Gasteiger partial charge in [-0.1, -0.05) is 6.07 Å². The Morgan fingerprint density at radius 2 is 1.87 bits per heavy atom. The number of benzene rings is 1. The maximum atomic E-state index is 12.6. The molecule has 1 amide bonds. The van der Waals surface area contributed by atoms with Gasteiger partial charge in [0.25, 0.3) is 5.91 Å². The van der Waals surface area contributed by atoms with Crippen molar-refractivity contribution in [1.82, 2.24) is 10.3 Å². The van der Waals surface area contributed by atoms with Crippen LogP contribution in [0.2, 0.25) is 0 Å². The van der Waals surface area contributed by atoms with Crippen LogP contribution in [0, 0.1) is 6.92 Å². The number of rotatable bonds is 10. The molecule has 8 nitrogen and oxygen atoms in total. The van der Waals surface area contributed by atoms with E-state index in [-0.39, 0.29) is 24.2 Å². The summed E-state index contributed by atoms with van der Waals surface area (Å²) in [7, 11) is 3.16. The molecule has 1 aromatic carbocycles. The molecule has 1 aromatic heterocycles. The summed E-state index contributed by atoms with van der Waals surface area (Å²) in [6.45, 7) is 6.41. The molecule has 1 N–H and O–H groups in total. The van der Waals surface area contributed by atoms with Gasteiger partial charge in [-0.2, -0.15) is 0 Å². The van der Waals surface area contributed by atoms with E-state index in [4.69, 9.17) is 18.9 Å². The molecule has 0 saturated heterocycles. The summed E-state index contributed by atoms with van der Waals surface area (Å²) in [6.07, 6.45) is 0. The molecule has 1 heterocycles. The minimum Gasteiger partial charge on any atom is -0.493 e. The van der Waals surface area contributed by atoms with Crippen LogP contribution >= 0.6 is 0 Å². The summed E-state index contributed by atoms with van der Waals surface area (Å²) >= 11 is 0. The number of carbonyl (C=O) groups is 2. The number of aromatic nitrogens is 1. The third-order valence-electron chi connectivity index (χ3n) is 4.39. The number of nitrogens with one attached hydrogen (secondary N) is 1. The third-order valence-corrected chi connectivity index (χ3v) is 4.39. The van der Waals surface area contributed by atoms with Crippen LogP contribution in [0.4, 0.5) is 0 Å². The second-order valence-electron chi connectivity index (χ2n) is 6.50. The van der Waals surface area contributed by atoms with Crippen molar-refractivity contribution in [3.63, 3.8) is 0 Å². The molecule has 0 saturated carbocycles. The maximum absolute atomic E-state index is 12.6. The number of amides is 1. The van der Waals surface area contributed by atoms with Crippen molar-refractivity contribution in [2.24, 2.45) is 0 Å². The van der Waals surface area contributed by atoms with Gasteiger partial charge in [-0.15, -0.1) is 0 Å². The SMILES string of the molecule is CCOC(=O)c1ccc(C(=O)NC(C)c2ccc(OCCOC)c(OC)c2)nc1C. The van der Waals surface area contributed by atoms with E-state index in [9.17, 15) is 9.59 Å². The van der Waals surface area contributed by atoms with E-state index < -0.39 is 5.97 Å². The van der Waals surface area contributed by atoms with Gasteiger partial charge in [-0.25, -0.2) is 9.78 Å². The standard InChI is InChI=1S/C22H28N2O6/c1-6-29-22(26)17-8-9-18(23-15(17)3)21(25)24-14(2)16-7-10-19(20(13-16)28-5)30-12-11-27-4/h7-10,13-14H,6,11-12H2,1-5H3,(H,24,25). The lowest BCUT2D eigenvalue weighted by Gasteiger charge is -2.17. The molecule has 1 atom stereocenters. The Balaban J connectivity index is 2.09. The largest absolute Gasteiger partial charge is 0.493 e. The fraction of sp³-hybridized carbons (Fsp3) is 0.409.